The number of benzene rings is 1. The maximum Gasteiger partial charge on any atom is 0.274 e. The van der Waals surface area contributed by atoms with Gasteiger partial charge in [-0.2, -0.15) is 5.10 Å². The van der Waals surface area contributed by atoms with Gasteiger partial charge in [0.1, 0.15) is 5.75 Å². The highest BCUT2D eigenvalue weighted by Crippen LogP contribution is 2.27. The lowest BCUT2D eigenvalue weighted by Crippen LogP contribution is -2.33. The summed E-state index contributed by atoms with van der Waals surface area (Å²) in [5, 5.41) is 7.96. The number of nitrogens with one attached hydrogen (secondary N) is 1. The van der Waals surface area contributed by atoms with Crippen molar-refractivity contribution in [1.82, 2.24) is 20.0 Å². The first-order valence-corrected chi connectivity index (χ1v) is 8.94. The Morgan fingerprint density at radius 3 is 2.38 bits per heavy atom. The molecule has 0 spiro atoms. The van der Waals surface area contributed by atoms with Gasteiger partial charge in [-0.25, -0.2) is 4.68 Å². The first-order valence-electron chi connectivity index (χ1n) is 8.94. The molecule has 0 unspecified atom stereocenters. The van der Waals surface area contributed by atoms with Crippen LogP contribution in [0.3, 0.4) is 0 Å². The highest BCUT2D eigenvalue weighted by Gasteiger charge is 2.32. The third kappa shape index (κ3) is 3.71. The zero-order chi connectivity index (χ0) is 17.2. The summed E-state index contributed by atoms with van der Waals surface area (Å²) >= 11 is 0. The van der Waals surface area contributed by atoms with E-state index in [0.29, 0.717) is 5.69 Å². The molecule has 1 aromatic carbocycles. The predicted molar refractivity (Wildman–Crippen MR) is 102 cm³/mol. The van der Waals surface area contributed by atoms with Gasteiger partial charge in [0.2, 0.25) is 0 Å². The first kappa shape index (κ1) is 18.7. The number of carbonyl (C=O) groups is 1. The molecular weight excluding hydrogens is 352 g/mol. The Balaban J connectivity index is 0.00000196. The number of nitrogens with zero attached hydrogens (tertiary/aromatic N) is 3. The quantitative estimate of drug-likeness (QED) is 0.893. The van der Waals surface area contributed by atoms with Gasteiger partial charge in [-0.05, 0) is 68.1 Å². The SMILES string of the molecule is COc1ccc(-n2ccc(C(=O)N3CC[C@@H]4CNC[C@@H]4CC3)n2)cc1.Cl. The molecule has 7 heteroatoms. The minimum Gasteiger partial charge on any atom is -0.497 e. The van der Waals surface area contributed by atoms with Crippen molar-refractivity contribution in [2.75, 3.05) is 33.3 Å². The van der Waals surface area contributed by atoms with E-state index in [9.17, 15) is 4.79 Å². The number of likely N-dealkylation sites (tertiary alicyclic amines) is 1. The fourth-order valence-corrected chi connectivity index (χ4v) is 3.90. The van der Waals surface area contributed by atoms with E-state index in [4.69, 9.17) is 4.74 Å². The van der Waals surface area contributed by atoms with Gasteiger partial charge in [0, 0.05) is 19.3 Å². The van der Waals surface area contributed by atoms with E-state index < -0.39 is 0 Å². The number of rotatable bonds is 3. The molecule has 3 heterocycles. The number of carbonyl (C=O) groups excluding carboxylic acids is 1. The second kappa shape index (κ2) is 8.10. The highest BCUT2D eigenvalue weighted by atomic mass is 35.5. The van der Waals surface area contributed by atoms with Gasteiger partial charge in [0.15, 0.2) is 5.69 Å². The minimum absolute atomic E-state index is 0. The Hall–Kier alpha value is -2.05. The summed E-state index contributed by atoms with van der Waals surface area (Å²) in [6.45, 7) is 3.85. The Morgan fingerprint density at radius 2 is 1.77 bits per heavy atom. The van der Waals surface area contributed by atoms with Gasteiger partial charge in [0.05, 0.1) is 12.8 Å². The molecule has 6 nitrogen and oxygen atoms in total. The molecule has 0 aliphatic carbocycles. The largest absolute Gasteiger partial charge is 0.497 e. The van der Waals surface area contributed by atoms with Crippen LogP contribution in [0, 0.1) is 11.8 Å². The number of hydrogen-bond acceptors (Lipinski definition) is 4. The Labute approximate surface area is 159 Å². The van der Waals surface area contributed by atoms with Crippen LogP contribution >= 0.6 is 12.4 Å². The van der Waals surface area contributed by atoms with Crippen LogP contribution in [0.1, 0.15) is 23.3 Å². The van der Waals surface area contributed by atoms with Crippen molar-refractivity contribution in [2.45, 2.75) is 12.8 Å². The van der Waals surface area contributed by atoms with E-state index >= 15 is 0 Å². The predicted octanol–water partition coefficient (Wildman–Crippen LogP) is 2.37. The van der Waals surface area contributed by atoms with E-state index in [2.05, 4.69) is 10.4 Å². The summed E-state index contributed by atoms with van der Waals surface area (Å²) in [7, 11) is 1.64. The van der Waals surface area contributed by atoms with Crippen molar-refractivity contribution in [2.24, 2.45) is 11.8 Å². The third-order valence-electron chi connectivity index (χ3n) is 5.45. The van der Waals surface area contributed by atoms with E-state index in [1.807, 2.05) is 35.4 Å². The molecule has 2 fully saturated rings. The highest BCUT2D eigenvalue weighted by molar-refractivity contribution is 5.92. The molecule has 2 saturated heterocycles. The number of fused-ring (bicyclic) bond motifs is 1. The average Bonchev–Trinajstić information content (AvgIpc) is 3.27. The van der Waals surface area contributed by atoms with Crippen molar-refractivity contribution in [3.8, 4) is 11.4 Å². The van der Waals surface area contributed by atoms with E-state index in [1.54, 1.807) is 17.9 Å². The fourth-order valence-electron chi connectivity index (χ4n) is 3.90. The number of halogens is 1. The maximum atomic E-state index is 12.8. The molecule has 4 rings (SSSR count). The van der Waals surface area contributed by atoms with Crippen LogP contribution in [-0.2, 0) is 0 Å². The van der Waals surface area contributed by atoms with E-state index in [-0.39, 0.29) is 18.3 Å². The molecule has 0 radical (unpaired) electrons. The van der Waals surface area contributed by atoms with Crippen molar-refractivity contribution >= 4 is 18.3 Å². The molecule has 26 heavy (non-hydrogen) atoms. The molecule has 0 saturated carbocycles. The minimum atomic E-state index is 0. The molecule has 1 N–H and O–H groups in total. The zero-order valence-corrected chi connectivity index (χ0v) is 15.7. The molecule has 140 valence electrons. The van der Waals surface area contributed by atoms with Crippen molar-refractivity contribution in [3.63, 3.8) is 0 Å². The van der Waals surface area contributed by atoms with Crippen LogP contribution in [-0.4, -0.2) is 53.9 Å². The summed E-state index contributed by atoms with van der Waals surface area (Å²) in [6.07, 6.45) is 4.01. The molecule has 0 bridgehead atoms. The van der Waals surface area contributed by atoms with Crippen LogP contribution < -0.4 is 10.1 Å². The molecule has 2 aromatic rings. The zero-order valence-electron chi connectivity index (χ0n) is 14.9. The van der Waals surface area contributed by atoms with Crippen LogP contribution in [0.2, 0.25) is 0 Å². The number of hydrogen-bond donors (Lipinski definition) is 1. The van der Waals surface area contributed by atoms with Crippen molar-refractivity contribution < 1.29 is 9.53 Å². The smallest absolute Gasteiger partial charge is 0.274 e. The van der Waals surface area contributed by atoms with Crippen LogP contribution in [0.4, 0.5) is 0 Å². The monoisotopic (exact) mass is 376 g/mol. The maximum absolute atomic E-state index is 12.8. The fraction of sp³-hybridized carbons (Fsp3) is 0.474. The van der Waals surface area contributed by atoms with Gasteiger partial charge in [-0.1, -0.05) is 0 Å². The van der Waals surface area contributed by atoms with Crippen LogP contribution in [0.5, 0.6) is 5.75 Å². The summed E-state index contributed by atoms with van der Waals surface area (Å²) in [4.78, 5) is 14.8. The molecule has 1 aromatic heterocycles. The second-order valence-electron chi connectivity index (χ2n) is 6.89. The van der Waals surface area contributed by atoms with E-state index in [0.717, 1.165) is 62.3 Å². The summed E-state index contributed by atoms with van der Waals surface area (Å²) in [5.41, 5.74) is 1.43. The Bertz CT molecular complexity index is 732. The van der Waals surface area contributed by atoms with Gasteiger partial charge in [0.25, 0.3) is 5.91 Å². The Kier molecular flexibility index (Phi) is 5.84. The molecular formula is C19H25ClN4O2. The standard InChI is InChI=1S/C19H24N4O2.ClH/c1-25-17-4-2-16(3-5-17)23-11-8-18(21-23)19(24)22-9-6-14-12-20-13-15(14)7-10-22;/h2-5,8,11,14-15,20H,6-7,9-10,12-13H2,1H3;1H/t14-,15+;. The normalized spacial score (nSPS) is 22.3. The third-order valence-corrected chi connectivity index (χ3v) is 5.45. The lowest BCUT2D eigenvalue weighted by atomic mass is 9.92. The first-order chi connectivity index (χ1) is 12.2. The van der Waals surface area contributed by atoms with E-state index in [1.165, 1.54) is 0 Å². The van der Waals surface area contributed by atoms with Crippen molar-refractivity contribution in [1.29, 1.82) is 0 Å². The molecule has 2 aliphatic heterocycles. The van der Waals surface area contributed by atoms with Gasteiger partial charge < -0.3 is 15.0 Å². The van der Waals surface area contributed by atoms with Gasteiger partial charge >= 0.3 is 0 Å². The number of aromatic nitrogens is 2. The second-order valence-corrected chi connectivity index (χ2v) is 6.89. The van der Waals surface area contributed by atoms with Crippen LogP contribution in [0.25, 0.3) is 5.69 Å². The van der Waals surface area contributed by atoms with Gasteiger partial charge in [-0.15, -0.1) is 12.4 Å². The number of ether oxygens (including phenoxy) is 1. The number of amides is 1. The lowest BCUT2D eigenvalue weighted by molar-refractivity contribution is 0.0752. The average molecular weight is 377 g/mol. The molecule has 2 aliphatic rings. The molecule has 1 amide bonds. The summed E-state index contributed by atoms with van der Waals surface area (Å²) in [5.74, 6) is 2.28. The number of methoxy groups -OCH3 is 1. The lowest BCUT2D eigenvalue weighted by Gasteiger charge is -2.19. The molecule has 2 atom stereocenters. The topological polar surface area (TPSA) is 59.4 Å². The van der Waals surface area contributed by atoms with Crippen molar-refractivity contribution in [3.05, 3.63) is 42.2 Å². The van der Waals surface area contributed by atoms with Gasteiger partial charge in [-0.3, -0.25) is 4.79 Å². The summed E-state index contributed by atoms with van der Waals surface area (Å²) < 4.78 is 6.92. The van der Waals surface area contributed by atoms with Crippen LogP contribution in [0.15, 0.2) is 36.5 Å². The Morgan fingerprint density at radius 1 is 1.12 bits per heavy atom. The summed E-state index contributed by atoms with van der Waals surface area (Å²) in [6, 6.07) is 9.44.